The summed E-state index contributed by atoms with van der Waals surface area (Å²) in [5.41, 5.74) is 0. The highest BCUT2D eigenvalue weighted by molar-refractivity contribution is 7.93. The molecule has 0 bridgehead atoms. The van der Waals surface area contributed by atoms with Gasteiger partial charge in [0, 0.05) is 6.04 Å². The van der Waals surface area contributed by atoms with Crippen molar-refractivity contribution in [1.82, 2.24) is 5.32 Å². The van der Waals surface area contributed by atoms with E-state index in [0.29, 0.717) is 4.21 Å². The lowest BCUT2D eigenvalue weighted by molar-refractivity contribution is 0.579. The Morgan fingerprint density at radius 3 is 3.00 bits per heavy atom. The molecular weight excluding hydrogens is 218 g/mol. The first kappa shape index (κ1) is 10.1. The van der Waals surface area contributed by atoms with Gasteiger partial charge >= 0.3 is 0 Å². The average Bonchev–Trinajstić information content (AvgIpc) is 2.71. The van der Waals surface area contributed by atoms with Gasteiger partial charge in [0.25, 0.3) is 0 Å². The maximum absolute atomic E-state index is 11.8. The fraction of sp³-hybridized carbons (Fsp3) is 0.556. The molecule has 0 aromatic carbocycles. The summed E-state index contributed by atoms with van der Waals surface area (Å²) in [5, 5.41) is 5.00. The van der Waals surface area contributed by atoms with Gasteiger partial charge < -0.3 is 5.32 Å². The summed E-state index contributed by atoms with van der Waals surface area (Å²) >= 11 is 1.30. The van der Waals surface area contributed by atoms with E-state index in [0.717, 1.165) is 19.4 Å². The summed E-state index contributed by atoms with van der Waals surface area (Å²) in [4.78, 5) is 0. The Bertz CT molecular complexity index is 377. The third-order valence-corrected chi connectivity index (χ3v) is 5.69. The van der Waals surface area contributed by atoms with E-state index in [1.165, 1.54) is 11.3 Å². The van der Waals surface area contributed by atoms with Crippen LogP contribution in [-0.4, -0.2) is 26.8 Å². The topological polar surface area (TPSA) is 46.2 Å². The summed E-state index contributed by atoms with van der Waals surface area (Å²) in [6.07, 6.45) is 2.06. The van der Waals surface area contributed by atoms with Crippen molar-refractivity contribution in [3.8, 4) is 0 Å². The molecule has 3 nitrogen and oxygen atoms in total. The molecule has 0 aliphatic carbocycles. The maximum atomic E-state index is 11.8. The second-order valence-electron chi connectivity index (χ2n) is 3.51. The minimum atomic E-state index is -3.04. The van der Waals surface area contributed by atoms with E-state index >= 15 is 0 Å². The molecule has 1 fully saturated rings. The highest BCUT2D eigenvalue weighted by Crippen LogP contribution is 2.20. The minimum absolute atomic E-state index is 0.155. The zero-order chi connectivity index (χ0) is 10.0. The van der Waals surface area contributed by atoms with Crippen molar-refractivity contribution >= 4 is 21.2 Å². The number of nitrogens with one attached hydrogen (secondary N) is 1. The third-order valence-electron chi connectivity index (χ3n) is 2.38. The molecule has 0 amide bonds. The molecule has 1 aromatic heterocycles. The van der Waals surface area contributed by atoms with Crippen LogP contribution in [-0.2, 0) is 9.84 Å². The summed E-state index contributed by atoms with van der Waals surface area (Å²) in [6.45, 7) is 0.949. The number of hydrogen-bond donors (Lipinski definition) is 1. The van der Waals surface area contributed by atoms with Crippen LogP contribution in [0.5, 0.6) is 0 Å². The molecule has 0 unspecified atom stereocenters. The van der Waals surface area contributed by atoms with Crippen molar-refractivity contribution in [3.05, 3.63) is 17.5 Å². The molecule has 2 heterocycles. The van der Waals surface area contributed by atoms with Crippen molar-refractivity contribution in [2.45, 2.75) is 23.1 Å². The Hall–Kier alpha value is -0.390. The first-order valence-electron chi connectivity index (χ1n) is 4.68. The number of sulfone groups is 1. The van der Waals surface area contributed by atoms with Gasteiger partial charge in [-0.25, -0.2) is 8.42 Å². The van der Waals surface area contributed by atoms with E-state index in [9.17, 15) is 8.42 Å². The molecule has 1 saturated heterocycles. The van der Waals surface area contributed by atoms with Crippen LogP contribution in [0, 0.1) is 0 Å². The monoisotopic (exact) mass is 231 g/mol. The first-order chi connectivity index (χ1) is 6.68. The number of thiophene rings is 1. The van der Waals surface area contributed by atoms with E-state index < -0.39 is 9.84 Å². The smallest absolute Gasteiger partial charge is 0.189 e. The molecule has 1 aromatic rings. The second kappa shape index (κ2) is 4.00. The Labute approximate surface area is 88.1 Å². The molecule has 0 spiro atoms. The Kier molecular flexibility index (Phi) is 2.90. The van der Waals surface area contributed by atoms with Gasteiger partial charge in [-0.15, -0.1) is 11.3 Å². The normalized spacial score (nSPS) is 22.7. The van der Waals surface area contributed by atoms with E-state index in [2.05, 4.69) is 5.32 Å². The second-order valence-corrected chi connectivity index (χ2v) is 6.72. The van der Waals surface area contributed by atoms with Crippen molar-refractivity contribution in [2.24, 2.45) is 0 Å². The molecule has 0 radical (unpaired) electrons. The van der Waals surface area contributed by atoms with Crippen molar-refractivity contribution < 1.29 is 8.42 Å². The zero-order valence-electron chi connectivity index (χ0n) is 7.77. The summed E-state index contributed by atoms with van der Waals surface area (Å²) < 4.78 is 24.1. The van der Waals surface area contributed by atoms with E-state index in [1.807, 2.05) is 0 Å². The van der Waals surface area contributed by atoms with E-state index in [1.54, 1.807) is 17.5 Å². The van der Waals surface area contributed by atoms with Gasteiger partial charge in [0.2, 0.25) is 0 Å². The predicted molar refractivity (Wildman–Crippen MR) is 57.4 cm³/mol. The minimum Gasteiger partial charge on any atom is -0.313 e. The molecule has 1 N–H and O–H groups in total. The molecular formula is C9H13NO2S2. The van der Waals surface area contributed by atoms with Gasteiger partial charge in [0.05, 0.1) is 5.75 Å². The van der Waals surface area contributed by atoms with Gasteiger partial charge in [0.15, 0.2) is 9.84 Å². The molecule has 1 aliphatic rings. The van der Waals surface area contributed by atoms with Crippen LogP contribution in [0.3, 0.4) is 0 Å². The lowest BCUT2D eigenvalue weighted by Crippen LogP contribution is -2.29. The Morgan fingerprint density at radius 2 is 2.43 bits per heavy atom. The molecule has 14 heavy (non-hydrogen) atoms. The highest BCUT2D eigenvalue weighted by atomic mass is 32.2. The zero-order valence-corrected chi connectivity index (χ0v) is 9.40. The molecule has 1 aliphatic heterocycles. The molecule has 78 valence electrons. The van der Waals surface area contributed by atoms with Crippen molar-refractivity contribution in [2.75, 3.05) is 12.3 Å². The van der Waals surface area contributed by atoms with Gasteiger partial charge in [0.1, 0.15) is 4.21 Å². The largest absolute Gasteiger partial charge is 0.313 e. The van der Waals surface area contributed by atoms with Gasteiger partial charge in [-0.3, -0.25) is 0 Å². The van der Waals surface area contributed by atoms with Crippen LogP contribution in [0.1, 0.15) is 12.8 Å². The SMILES string of the molecule is O=S(=O)(C[C@H]1CCCN1)c1cccs1. The third kappa shape index (κ3) is 2.16. The van der Waals surface area contributed by atoms with E-state index in [4.69, 9.17) is 0 Å². The van der Waals surface area contributed by atoms with Gasteiger partial charge in [-0.2, -0.15) is 0 Å². The predicted octanol–water partition coefficient (Wildman–Crippen LogP) is 1.27. The fourth-order valence-corrected chi connectivity index (χ4v) is 4.36. The molecule has 5 heteroatoms. The first-order valence-corrected chi connectivity index (χ1v) is 7.21. The Morgan fingerprint density at radius 1 is 1.57 bits per heavy atom. The van der Waals surface area contributed by atoms with Crippen LogP contribution in [0.2, 0.25) is 0 Å². The van der Waals surface area contributed by atoms with Crippen molar-refractivity contribution in [1.29, 1.82) is 0 Å². The van der Waals surface area contributed by atoms with Gasteiger partial charge in [-0.1, -0.05) is 6.07 Å². The summed E-state index contributed by atoms with van der Waals surface area (Å²) in [7, 11) is -3.04. The fourth-order valence-electron chi connectivity index (χ4n) is 1.69. The molecule has 2 rings (SSSR count). The van der Waals surface area contributed by atoms with Crippen LogP contribution < -0.4 is 5.32 Å². The van der Waals surface area contributed by atoms with Gasteiger partial charge in [-0.05, 0) is 30.8 Å². The lowest BCUT2D eigenvalue weighted by Gasteiger charge is -2.08. The average molecular weight is 231 g/mol. The lowest BCUT2D eigenvalue weighted by atomic mass is 10.3. The Balaban J connectivity index is 2.09. The van der Waals surface area contributed by atoms with E-state index in [-0.39, 0.29) is 11.8 Å². The number of rotatable bonds is 3. The summed E-state index contributed by atoms with van der Waals surface area (Å²) in [6, 6.07) is 3.61. The molecule has 1 atom stereocenters. The summed E-state index contributed by atoms with van der Waals surface area (Å²) in [5.74, 6) is 0.244. The quantitative estimate of drug-likeness (QED) is 0.852. The van der Waals surface area contributed by atoms with Crippen LogP contribution in [0.4, 0.5) is 0 Å². The van der Waals surface area contributed by atoms with Crippen LogP contribution >= 0.6 is 11.3 Å². The maximum Gasteiger partial charge on any atom is 0.189 e. The highest BCUT2D eigenvalue weighted by Gasteiger charge is 2.23. The van der Waals surface area contributed by atoms with Crippen LogP contribution in [0.15, 0.2) is 21.7 Å². The van der Waals surface area contributed by atoms with Crippen LogP contribution in [0.25, 0.3) is 0 Å². The number of hydrogen-bond acceptors (Lipinski definition) is 4. The van der Waals surface area contributed by atoms with Crippen molar-refractivity contribution in [3.63, 3.8) is 0 Å². The molecule has 0 saturated carbocycles. The standard InChI is InChI=1S/C9H13NO2S2/c11-14(12,9-4-2-6-13-9)7-8-3-1-5-10-8/h2,4,6,8,10H,1,3,5,7H2/t8-/m1/s1.